The molecule has 0 aliphatic carbocycles. The molecule has 0 spiro atoms. The van der Waals surface area contributed by atoms with Gasteiger partial charge in [-0.15, -0.1) is 0 Å². The number of nitrogens with one attached hydrogen (secondary N) is 2. The van der Waals surface area contributed by atoms with Crippen LogP contribution in [0.2, 0.25) is 0 Å². The number of rotatable bonds is 11. The summed E-state index contributed by atoms with van der Waals surface area (Å²) < 4.78 is 51.2. The van der Waals surface area contributed by atoms with Gasteiger partial charge < -0.3 is 20.1 Å². The lowest BCUT2D eigenvalue weighted by molar-refractivity contribution is -0.145. The van der Waals surface area contributed by atoms with Crippen LogP contribution >= 0.6 is 0 Å². The van der Waals surface area contributed by atoms with Crippen molar-refractivity contribution < 1.29 is 32.2 Å². The van der Waals surface area contributed by atoms with Gasteiger partial charge in [0.2, 0.25) is 5.91 Å². The first-order valence-corrected chi connectivity index (χ1v) is 13.6. The third kappa shape index (κ3) is 7.74. The van der Waals surface area contributed by atoms with E-state index < -0.39 is 17.6 Å². The summed E-state index contributed by atoms with van der Waals surface area (Å²) in [6.45, 7) is 10.5. The lowest BCUT2D eigenvalue weighted by atomic mass is 10.1. The first kappa shape index (κ1) is 30.7. The van der Waals surface area contributed by atoms with Gasteiger partial charge >= 0.3 is 12.1 Å². The molecule has 10 nitrogen and oxygen atoms in total. The van der Waals surface area contributed by atoms with Crippen molar-refractivity contribution in [1.29, 1.82) is 0 Å². The number of hydrogen-bond donors (Lipinski definition) is 2. The molecule has 1 fully saturated rings. The van der Waals surface area contributed by atoms with Crippen molar-refractivity contribution in [2.75, 3.05) is 50.0 Å². The summed E-state index contributed by atoms with van der Waals surface area (Å²) in [5.74, 6) is -0.104. The van der Waals surface area contributed by atoms with Crippen molar-refractivity contribution in [2.45, 2.75) is 32.7 Å². The Morgan fingerprint density at radius 1 is 1.12 bits per heavy atom. The Hall–Kier alpha value is -4.23. The third-order valence-electron chi connectivity index (χ3n) is 6.72. The molecular weight excluding hydrogens is 553 g/mol. The first-order chi connectivity index (χ1) is 20.1. The number of hydrogen-bond acceptors (Lipinski definition) is 9. The predicted molar refractivity (Wildman–Crippen MR) is 152 cm³/mol. The molecule has 0 saturated carbocycles. The van der Waals surface area contributed by atoms with Crippen molar-refractivity contribution in [2.24, 2.45) is 0 Å². The Morgan fingerprint density at radius 2 is 1.88 bits per heavy atom. The summed E-state index contributed by atoms with van der Waals surface area (Å²) in [6, 6.07) is 8.06. The summed E-state index contributed by atoms with van der Waals surface area (Å²) >= 11 is 0. The maximum Gasteiger partial charge on any atom is 0.416 e. The van der Waals surface area contributed by atoms with Crippen LogP contribution in [0.3, 0.4) is 0 Å². The van der Waals surface area contributed by atoms with Gasteiger partial charge in [-0.25, -0.2) is 9.97 Å². The fourth-order valence-corrected chi connectivity index (χ4v) is 4.63. The molecule has 0 radical (unpaired) electrons. The first-order valence-electron chi connectivity index (χ1n) is 13.6. The molecule has 1 aliphatic rings. The highest BCUT2D eigenvalue weighted by Gasteiger charge is 2.30. The number of halogens is 3. The van der Waals surface area contributed by atoms with E-state index in [-0.39, 0.29) is 30.2 Å². The lowest BCUT2D eigenvalue weighted by Gasteiger charge is -2.38. The molecule has 1 amide bonds. The predicted octanol–water partition coefficient (Wildman–Crippen LogP) is 4.81. The molecule has 1 aromatic heterocycles. The Morgan fingerprint density at radius 3 is 2.55 bits per heavy atom. The van der Waals surface area contributed by atoms with Gasteiger partial charge in [-0.05, 0) is 43.7 Å². The topological polar surface area (TPSA) is 109 Å². The second kappa shape index (κ2) is 13.6. The molecule has 2 aromatic carbocycles. The van der Waals surface area contributed by atoms with E-state index in [0.29, 0.717) is 61.5 Å². The second-order valence-electron chi connectivity index (χ2n) is 9.58. The van der Waals surface area contributed by atoms with Crippen molar-refractivity contribution in [3.05, 3.63) is 60.9 Å². The van der Waals surface area contributed by atoms with Gasteiger partial charge in [0.1, 0.15) is 17.9 Å². The smallest absolute Gasteiger partial charge is 0.416 e. The number of esters is 1. The van der Waals surface area contributed by atoms with Crippen molar-refractivity contribution in [3.8, 4) is 5.75 Å². The average Bonchev–Trinajstić information content (AvgIpc) is 2.96. The molecule has 3 aromatic rings. The monoisotopic (exact) mass is 586 g/mol. The van der Waals surface area contributed by atoms with E-state index in [4.69, 9.17) is 9.47 Å². The molecule has 1 unspecified atom stereocenters. The zero-order valence-electron chi connectivity index (χ0n) is 23.4. The number of anilines is 3. The highest BCUT2D eigenvalue weighted by molar-refractivity contribution is 6.03. The van der Waals surface area contributed by atoms with Crippen LogP contribution in [0.5, 0.6) is 5.75 Å². The van der Waals surface area contributed by atoms with E-state index in [1.165, 1.54) is 18.5 Å². The minimum absolute atomic E-state index is 0.190. The van der Waals surface area contributed by atoms with Crippen LogP contribution in [0.1, 0.15) is 25.8 Å². The fraction of sp³-hybridized carbons (Fsp3) is 0.379. The van der Waals surface area contributed by atoms with Crippen molar-refractivity contribution in [1.82, 2.24) is 19.8 Å². The molecule has 2 heterocycles. The van der Waals surface area contributed by atoms with E-state index in [1.807, 2.05) is 11.8 Å². The standard InChI is InChI=1S/C29H33F3N6O4/c1-4-25(39)36-23-15-21-22(33-18-34-28(21)35-20-9-7-8-19(14-20)29(30,31)32)16-24(23)42-26(5-2)38-12-10-37(11-13-38)17-27(40)41-6-3/h4,7-9,14-16,18,26H,1,5-6,10-13,17H2,2-3H3,(H,36,39)(H,33,34,35). The van der Waals surface area contributed by atoms with Crippen molar-refractivity contribution in [3.63, 3.8) is 0 Å². The summed E-state index contributed by atoms with van der Waals surface area (Å²) in [4.78, 5) is 36.9. The van der Waals surface area contributed by atoms with Crippen LogP contribution in [0.25, 0.3) is 10.9 Å². The summed E-state index contributed by atoms with van der Waals surface area (Å²) in [6.07, 6.45) is -1.78. The molecule has 0 bridgehead atoms. The van der Waals surface area contributed by atoms with E-state index in [2.05, 4.69) is 32.1 Å². The summed E-state index contributed by atoms with van der Waals surface area (Å²) in [7, 11) is 0. The zero-order chi connectivity index (χ0) is 30.3. The maximum absolute atomic E-state index is 13.2. The third-order valence-corrected chi connectivity index (χ3v) is 6.72. The number of benzene rings is 2. The van der Waals surface area contributed by atoms with Crippen LogP contribution in [-0.2, 0) is 20.5 Å². The quantitative estimate of drug-likeness (QED) is 0.242. The molecule has 4 rings (SSSR count). The minimum Gasteiger partial charge on any atom is -0.473 e. The molecule has 1 atom stereocenters. The molecule has 1 saturated heterocycles. The Balaban J connectivity index is 1.59. The number of nitrogens with zero attached hydrogens (tertiary/aromatic N) is 4. The van der Waals surface area contributed by atoms with Gasteiger partial charge in [-0.2, -0.15) is 13.2 Å². The Bertz CT molecular complexity index is 1430. The van der Waals surface area contributed by atoms with Gasteiger partial charge in [0.25, 0.3) is 0 Å². The summed E-state index contributed by atoms with van der Waals surface area (Å²) in [5.41, 5.74) is 0.177. The van der Waals surface area contributed by atoms with Crippen LogP contribution < -0.4 is 15.4 Å². The zero-order valence-corrected chi connectivity index (χ0v) is 23.4. The number of ether oxygens (including phenoxy) is 2. The van der Waals surface area contributed by atoms with Crippen LogP contribution in [0, 0.1) is 0 Å². The van der Waals surface area contributed by atoms with E-state index in [1.54, 1.807) is 19.1 Å². The summed E-state index contributed by atoms with van der Waals surface area (Å²) in [5, 5.41) is 6.15. The lowest BCUT2D eigenvalue weighted by Crippen LogP contribution is -2.52. The van der Waals surface area contributed by atoms with Crippen LogP contribution in [0.15, 0.2) is 55.4 Å². The van der Waals surface area contributed by atoms with E-state index in [0.717, 1.165) is 18.2 Å². The van der Waals surface area contributed by atoms with Gasteiger partial charge in [-0.1, -0.05) is 19.6 Å². The van der Waals surface area contributed by atoms with Gasteiger partial charge in [0.05, 0.1) is 29.9 Å². The molecule has 1 aliphatic heterocycles. The highest BCUT2D eigenvalue weighted by Crippen LogP contribution is 2.36. The second-order valence-corrected chi connectivity index (χ2v) is 9.58. The SMILES string of the molecule is C=CC(=O)Nc1cc2c(Nc3cccc(C(F)(F)F)c3)ncnc2cc1OC(CC)N1CCN(CC(=O)OCC)CC1. The molecule has 42 heavy (non-hydrogen) atoms. The number of carbonyl (C=O) groups excluding carboxylic acids is 2. The Kier molecular flexibility index (Phi) is 9.96. The molecular formula is C29H33F3N6O4. The van der Waals surface area contributed by atoms with Gasteiger partial charge in [0, 0.05) is 43.3 Å². The highest BCUT2D eigenvalue weighted by atomic mass is 19.4. The number of carbonyl (C=O) groups is 2. The number of alkyl halides is 3. The minimum atomic E-state index is -4.50. The number of piperazine rings is 1. The fourth-order valence-electron chi connectivity index (χ4n) is 4.63. The van der Waals surface area contributed by atoms with Crippen molar-refractivity contribution >= 4 is 40.0 Å². The Labute approximate surface area is 241 Å². The van der Waals surface area contributed by atoms with E-state index >= 15 is 0 Å². The van der Waals surface area contributed by atoms with Gasteiger partial charge in [0.15, 0.2) is 6.23 Å². The number of aromatic nitrogens is 2. The normalized spacial score (nSPS) is 15.2. The maximum atomic E-state index is 13.2. The molecule has 2 N–H and O–H groups in total. The molecule has 224 valence electrons. The average molecular weight is 587 g/mol. The number of amides is 1. The van der Waals surface area contributed by atoms with E-state index in [9.17, 15) is 22.8 Å². The van der Waals surface area contributed by atoms with Gasteiger partial charge in [-0.3, -0.25) is 19.4 Å². The van der Waals surface area contributed by atoms with Crippen LogP contribution in [-0.4, -0.2) is 77.2 Å². The number of fused-ring (bicyclic) bond motifs is 1. The van der Waals surface area contributed by atoms with Crippen LogP contribution in [0.4, 0.5) is 30.4 Å². The largest absolute Gasteiger partial charge is 0.473 e. The molecule has 13 heteroatoms.